The second kappa shape index (κ2) is 8.85. The maximum atomic E-state index is 6.11. The van der Waals surface area contributed by atoms with Crippen molar-refractivity contribution in [2.24, 2.45) is 0 Å². The van der Waals surface area contributed by atoms with Gasteiger partial charge in [0.25, 0.3) is 0 Å². The molecule has 1 N–H and O–H groups in total. The SMILES string of the molecule is CCOc1cccc(CNCc2ccccc2Cl)c1.Cl. The van der Waals surface area contributed by atoms with Crippen LogP contribution in [0.15, 0.2) is 48.5 Å². The standard InChI is InChI=1S/C16H18ClNO.ClH/c1-2-19-15-8-5-6-13(10-15)11-18-12-14-7-3-4-9-16(14)17;/h3-10,18H,2,11-12H2,1H3;1H. The first-order valence-corrected chi connectivity index (χ1v) is 6.83. The van der Waals surface area contributed by atoms with Crippen LogP contribution in [-0.2, 0) is 13.1 Å². The molecule has 0 atom stereocenters. The Balaban J connectivity index is 0.00000200. The van der Waals surface area contributed by atoms with E-state index in [4.69, 9.17) is 16.3 Å². The van der Waals surface area contributed by atoms with Crippen LogP contribution in [0.4, 0.5) is 0 Å². The van der Waals surface area contributed by atoms with Crippen molar-refractivity contribution in [2.45, 2.75) is 20.0 Å². The fraction of sp³-hybridized carbons (Fsp3) is 0.250. The second-order valence-electron chi connectivity index (χ2n) is 4.28. The summed E-state index contributed by atoms with van der Waals surface area (Å²) in [5, 5.41) is 4.19. The molecule has 2 aromatic rings. The van der Waals surface area contributed by atoms with Crippen LogP contribution < -0.4 is 10.1 Å². The summed E-state index contributed by atoms with van der Waals surface area (Å²) < 4.78 is 5.48. The average molecular weight is 312 g/mol. The molecule has 20 heavy (non-hydrogen) atoms. The molecule has 0 aliphatic carbocycles. The number of ether oxygens (including phenoxy) is 1. The van der Waals surface area contributed by atoms with E-state index in [-0.39, 0.29) is 12.4 Å². The van der Waals surface area contributed by atoms with Crippen LogP contribution in [0.2, 0.25) is 5.02 Å². The van der Waals surface area contributed by atoms with Crippen molar-refractivity contribution < 1.29 is 4.74 Å². The lowest BCUT2D eigenvalue weighted by Gasteiger charge is -2.08. The Labute approximate surface area is 131 Å². The molecule has 0 aliphatic heterocycles. The molecule has 0 aromatic heterocycles. The van der Waals surface area contributed by atoms with Crippen LogP contribution in [0.3, 0.4) is 0 Å². The molecule has 0 heterocycles. The van der Waals surface area contributed by atoms with Gasteiger partial charge in [0.2, 0.25) is 0 Å². The van der Waals surface area contributed by atoms with Gasteiger partial charge in [-0.05, 0) is 36.2 Å². The molecule has 2 aromatic carbocycles. The maximum Gasteiger partial charge on any atom is 0.119 e. The van der Waals surface area contributed by atoms with E-state index in [1.165, 1.54) is 5.56 Å². The number of rotatable bonds is 6. The topological polar surface area (TPSA) is 21.3 Å². The molecule has 0 saturated heterocycles. The van der Waals surface area contributed by atoms with E-state index in [2.05, 4.69) is 17.4 Å². The van der Waals surface area contributed by atoms with Crippen molar-refractivity contribution in [1.82, 2.24) is 5.32 Å². The quantitative estimate of drug-likeness (QED) is 0.851. The van der Waals surface area contributed by atoms with Gasteiger partial charge in [-0.25, -0.2) is 0 Å². The van der Waals surface area contributed by atoms with E-state index < -0.39 is 0 Å². The fourth-order valence-electron chi connectivity index (χ4n) is 1.90. The predicted octanol–water partition coefficient (Wildman–Crippen LogP) is 4.45. The lowest BCUT2D eigenvalue weighted by atomic mass is 10.2. The molecule has 0 bridgehead atoms. The maximum absolute atomic E-state index is 6.11. The zero-order valence-electron chi connectivity index (χ0n) is 11.4. The first-order valence-electron chi connectivity index (χ1n) is 6.45. The Morgan fingerprint density at radius 2 is 1.85 bits per heavy atom. The first kappa shape index (κ1) is 16.8. The molecular formula is C16H19Cl2NO. The molecule has 0 radical (unpaired) electrons. The summed E-state index contributed by atoms with van der Waals surface area (Å²) >= 11 is 6.11. The molecule has 4 heteroatoms. The van der Waals surface area contributed by atoms with Gasteiger partial charge in [0.1, 0.15) is 5.75 Å². The predicted molar refractivity (Wildman–Crippen MR) is 86.9 cm³/mol. The fourth-order valence-corrected chi connectivity index (χ4v) is 2.10. The molecule has 0 spiro atoms. The van der Waals surface area contributed by atoms with Gasteiger partial charge < -0.3 is 10.1 Å². The van der Waals surface area contributed by atoms with Gasteiger partial charge in [-0.3, -0.25) is 0 Å². The third-order valence-corrected chi connectivity index (χ3v) is 3.18. The molecule has 0 unspecified atom stereocenters. The minimum absolute atomic E-state index is 0. The van der Waals surface area contributed by atoms with Crippen molar-refractivity contribution in [3.05, 3.63) is 64.7 Å². The van der Waals surface area contributed by atoms with Gasteiger partial charge in [0.15, 0.2) is 0 Å². The highest BCUT2D eigenvalue weighted by Crippen LogP contribution is 2.16. The zero-order valence-corrected chi connectivity index (χ0v) is 13.0. The molecule has 0 fully saturated rings. The number of hydrogen-bond donors (Lipinski definition) is 1. The van der Waals surface area contributed by atoms with Crippen molar-refractivity contribution in [2.75, 3.05) is 6.61 Å². The van der Waals surface area contributed by atoms with E-state index in [9.17, 15) is 0 Å². The van der Waals surface area contributed by atoms with E-state index in [1.54, 1.807) is 0 Å². The highest BCUT2D eigenvalue weighted by molar-refractivity contribution is 6.31. The largest absolute Gasteiger partial charge is 0.494 e. The normalized spacial score (nSPS) is 9.90. The van der Waals surface area contributed by atoms with Crippen molar-refractivity contribution in [3.8, 4) is 5.75 Å². The molecule has 0 aliphatic rings. The summed E-state index contributed by atoms with van der Waals surface area (Å²) in [6.45, 7) is 4.24. The lowest BCUT2D eigenvalue weighted by Crippen LogP contribution is -2.13. The Bertz CT molecular complexity index is 531. The van der Waals surface area contributed by atoms with Crippen LogP contribution >= 0.6 is 24.0 Å². The highest BCUT2D eigenvalue weighted by Gasteiger charge is 1.99. The molecule has 0 amide bonds. The lowest BCUT2D eigenvalue weighted by molar-refractivity contribution is 0.340. The number of hydrogen-bond acceptors (Lipinski definition) is 2. The van der Waals surface area contributed by atoms with Gasteiger partial charge >= 0.3 is 0 Å². The summed E-state index contributed by atoms with van der Waals surface area (Å²) in [6.07, 6.45) is 0. The van der Waals surface area contributed by atoms with Crippen molar-refractivity contribution >= 4 is 24.0 Å². The Hall–Kier alpha value is -1.22. The summed E-state index contributed by atoms with van der Waals surface area (Å²) in [4.78, 5) is 0. The third-order valence-electron chi connectivity index (χ3n) is 2.81. The van der Waals surface area contributed by atoms with Crippen molar-refractivity contribution in [1.29, 1.82) is 0 Å². The van der Waals surface area contributed by atoms with Gasteiger partial charge in [0, 0.05) is 18.1 Å². The van der Waals surface area contributed by atoms with E-state index in [1.807, 2.05) is 43.3 Å². The highest BCUT2D eigenvalue weighted by atomic mass is 35.5. The van der Waals surface area contributed by atoms with Crippen LogP contribution in [0.5, 0.6) is 5.75 Å². The molecule has 0 saturated carbocycles. The number of nitrogens with one attached hydrogen (secondary N) is 1. The molecule has 2 nitrogen and oxygen atoms in total. The zero-order chi connectivity index (χ0) is 13.5. The van der Waals surface area contributed by atoms with E-state index in [0.29, 0.717) is 6.61 Å². The summed E-state index contributed by atoms with van der Waals surface area (Å²) in [6, 6.07) is 16.0. The van der Waals surface area contributed by atoms with Crippen LogP contribution in [0, 0.1) is 0 Å². The number of halogens is 2. The van der Waals surface area contributed by atoms with Gasteiger partial charge in [-0.1, -0.05) is 41.9 Å². The molecular weight excluding hydrogens is 293 g/mol. The average Bonchev–Trinajstić information content (AvgIpc) is 2.42. The Morgan fingerprint density at radius 3 is 2.60 bits per heavy atom. The van der Waals surface area contributed by atoms with E-state index >= 15 is 0 Å². The van der Waals surface area contributed by atoms with Gasteiger partial charge in [-0.2, -0.15) is 0 Å². The minimum Gasteiger partial charge on any atom is -0.494 e. The third kappa shape index (κ3) is 5.04. The number of benzene rings is 2. The van der Waals surface area contributed by atoms with Gasteiger partial charge in [0.05, 0.1) is 6.61 Å². The smallest absolute Gasteiger partial charge is 0.119 e. The van der Waals surface area contributed by atoms with E-state index in [0.717, 1.165) is 29.4 Å². The Morgan fingerprint density at radius 1 is 1.05 bits per heavy atom. The summed E-state index contributed by atoms with van der Waals surface area (Å²) in [5.74, 6) is 0.916. The minimum atomic E-state index is 0. The first-order chi connectivity index (χ1) is 9.29. The second-order valence-corrected chi connectivity index (χ2v) is 4.68. The molecule has 2 rings (SSSR count). The van der Waals surface area contributed by atoms with Crippen molar-refractivity contribution in [3.63, 3.8) is 0 Å². The summed E-state index contributed by atoms with van der Waals surface area (Å²) in [5.41, 5.74) is 2.32. The van der Waals surface area contributed by atoms with Crippen LogP contribution in [0.1, 0.15) is 18.1 Å². The van der Waals surface area contributed by atoms with Crippen LogP contribution in [0.25, 0.3) is 0 Å². The Kier molecular flexibility index (Phi) is 7.45. The van der Waals surface area contributed by atoms with Gasteiger partial charge in [-0.15, -0.1) is 12.4 Å². The monoisotopic (exact) mass is 311 g/mol. The van der Waals surface area contributed by atoms with Crippen LogP contribution in [-0.4, -0.2) is 6.61 Å². The molecule has 108 valence electrons. The summed E-state index contributed by atoms with van der Waals surface area (Å²) in [7, 11) is 0.